The fourth-order valence-electron chi connectivity index (χ4n) is 3.63. The standard InChI is InChI=1S/C21H19F3N4O5/c22-21(23,24)33-14-3-1-2-13(9-14)28-6-7-32-17(20(28)31)16(29)19(30)27-12-4-5-15-11(8-12)10-26-18(15)25/h1-5,8-9,16-17,29H,6-7,10H2,(H2,25,26)(H,27,30)/t16-,17-/m1/s1. The number of fused-ring (bicyclic) bond motifs is 1. The second-order valence-corrected chi connectivity index (χ2v) is 7.36. The molecule has 2 heterocycles. The Morgan fingerprint density at radius 1 is 1.30 bits per heavy atom. The Balaban J connectivity index is 1.46. The molecule has 4 rings (SSSR count). The number of nitrogens with zero attached hydrogens (tertiary/aromatic N) is 1. The van der Waals surface area contributed by atoms with E-state index >= 15 is 0 Å². The average molecular weight is 464 g/mol. The summed E-state index contributed by atoms with van der Waals surface area (Å²) in [5, 5.41) is 23.6. The summed E-state index contributed by atoms with van der Waals surface area (Å²) in [5.41, 5.74) is 1.97. The third-order valence-corrected chi connectivity index (χ3v) is 5.14. The van der Waals surface area contributed by atoms with Crippen LogP contribution in [0.25, 0.3) is 0 Å². The number of amides is 2. The molecule has 12 heteroatoms. The summed E-state index contributed by atoms with van der Waals surface area (Å²) < 4.78 is 46.7. The number of benzene rings is 2. The molecule has 0 radical (unpaired) electrons. The minimum Gasteiger partial charge on any atom is -0.406 e. The first-order valence-electron chi connectivity index (χ1n) is 9.86. The van der Waals surface area contributed by atoms with Crippen LogP contribution in [0.1, 0.15) is 11.1 Å². The number of aliphatic hydroxyl groups excluding tert-OH is 1. The van der Waals surface area contributed by atoms with Crippen molar-refractivity contribution in [2.75, 3.05) is 23.4 Å². The normalized spacial score (nSPS) is 19.0. The van der Waals surface area contributed by atoms with Crippen LogP contribution >= 0.6 is 0 Å². The van der Waals surface area contributed by atoms with E-state index in [0.29, 0.717) is 17.8 Å². The number of halogens is 3. The van der Waals surface area contributed by atoms with Gasteiger partial charge in [-0.2, -0.15) is 0 Å². The molecule has 2 aliphatic heterocycles. The van der Waals surface area contributed by atoms with Gasteiger partial charge in [0.1, 0.15) is 11.6 Å². The van der Waals surface area contributed by atoms with E-state index in [1.54, 1.807) is 18.2 Å². The highest BCUT2D eigenvalue weighted by Crippen LogP contribution is 2.28. The predicted octanol–water partition coefficient (Wildman–Crippen LogP) is 1.75. The molecule has 2 atom stereocenters. The number of rotatable bonds is 5. The van der Waals surface area contributed by atoms with Crippen molar-refractivity contribution in [1.29, 1.82) is 5.41 Å². The molecule has 0 spiro atoms. The number of hydrogen-bond donors (Lipinski definition) is 4. The second-order valence-electron chi connectivity index (χ2n) is 7.36. The summed E-state index contributed by atoms with van der Waals surface area (Å²) in [6.45, 7) is 0.400. The Hall–Kier alpha value is -3.64. The van der Waals surface area contributed by atoms with Crippen molar-refractivity contribution in [3.63, 3.8) is 0 Å². The van der Waals surface area contributed by atoms with Gasteiger partial charge in [0.2, 0.25) is 0 Å². The highest BCUT2D eigenvalue weighted by Gasteiger charge is 2.40. The number of carbonyl (C=O) groups excluding carboxylic acids is 2. The maximum absolute atomic E-state index is 12.9. The molecular formula is C21H19F3N4O5. The van der Waals surface area contributed by atoms with Crippen LogP contribution in [-0.4, -0.2) is 54.5 Å². The minimum atomic E-state index is -4.89. The first-order chi connectivity index (χ1) is 15.6. The largest absolute Gasteiger partial charge is 0.573 e. The van der Waals surface area contributed by atoms with E-state index in [4.69, 9.17) is 10.1 Å². The van der Waals surface area contributed by atoms with Gasteiger partial charge in [-0.15, -0.1) is 13.2 Å². The van der Waals surface area contributed by atoms with Crippen LogP contribution in [0.4, 0.5) is 24.5 Å². The summed E-state index contributed by atoms with van der Waals surface area (Å²) in [4.78, 5) is 26.6. The molecule has 0 bridgehead atoms. The molecule has 2 aromatic carbocycles. The van der Waals surface area contributed by atoms with E-state index in [0.717, 1.165) is 22.6 Å². The summed E-state index contributed by atoms with van der Waals surface area (Å²) in [5.74, 6) is -1.90. The third kappa shape index (κ3) is 4.91. The van der Waals surface area contributed by atoms with Gasteiger partial charge in [-0.05, 0) is 35.9 Å². The first kappa shape index (κ1) is 22.6. The van der Waals surface area contributed by atoms with Crippen LogP contribution in [0.3, 0.4) is 0 Å². The summed E-state index contributed by atoms with van der Waals surface area (Å²) in [6, 6.07) is 9.70. The molecule has 2 aliphatic rings. The Bertz CT molecular complexity index is 1110. The van der Waals surface area contributed by atoms with Gasteiger partial charge in [-0.1, -0.05) is 6.07 Å². The second kappa shape index (κ2) is 8.71. The maximum atomic E-state index is 12.9. The Morgan fingerprint density at radius 3 is 2.85 bits per heavy atom. The van der Waals surface area contributed by atoms with E-state index in [9.17, 15) is 27.9 Å². The lowest BCUT2D eigenvalue weighted by molar-refractivity contribution is -0.274. The molecule has 9 nitrogen and oxygen atoms in total. The highest BCUT2D eigenvalue weighted by atomic mass is 19.4. The van der Waals surface area contributed by atoms with E-state index in [1.165, 1.54) is 12.1 Å². The van der Waals surface area contributed by atoms with E-state index in [-0.39, 0.29) is 24.7 Å². The first-order valence-corrected chi connectivity index (χ1v) is 9.86. The van der Waals surface area contributed by atoms with Gasteiger partial charge in [-0.25, -0.2) is 0 Å². The van der Waals surface area contributed by atoms with Crippen LogP contribution in [0.15, 0.2) is 42.5 Å². The van der Waals surface area contributed by atoms with Crippen molar-refractivity contribution in [2.24, 2.45) is 0 Å². The van der Waals surface area contributed by atoms with Gasteiger partial charge in [0.15, 0.2) is 12.2 Å². The fraction of sp³-hybridized carbons (Fsp3) is 0.286. The smallest absolute Gasteiger partial charge is 0.406 e. The Morgan fingerprint density at radius 2 is 2.09 bits per heavy atom. The van der Waals surface area contributed by atoms with Crippen molar-refractivity contribution in [3.8, 4) is 5.75 Å². The van der Waals surface area contributed by atoms with Gasteiger partial charge < -0.3 is 30.1 Å². The van der Waals surface area contributed by atoms with E-state index in [2.05, 4.69) is 15.4 Å². The topological polar surface area (TPSA) is 124 Å². The molecule has 2 aromatic rings. The molecule has 1 saturated heterocycles. The number of ether oxygens (including phenoxy) is 2. The molecule has 33 heavy (non-hydrogen) atoms. The van der Waals surface area contributed by atoms with Crippen LogP contribution in [-0.2, 0) is 20.9 Å². The molecule has 0 saturated carbocycles. The average Bonchev–Trinajstić information content (AvgIpc) is 3.12. The van der Waals surface area contributed by atoms with Crippen molar-refractivity contribution in [2.45, 2.75) is 25.1 Å². The zero-order valence-corrected chi connectivity index (χ0v) is 17.0. The molecule has 0 aliphatic carbocycles. The number of hydrogen-bond acceptors (Lipinski definition) is 6. The monoisotopic (exact) mass is 464 g/mol. The number of alkyl halides is 3. The third-order valence-electron chi connectivity index (χ3n) is 5.14. The minimum absolute atomic E-state index is 0.0168. The van der Waals surface area contributed by atoms with Crippen molar-refractivity contribution in [1.82, 2.24) is 5.32 Å². The highest BCUT2D eigenvalue weighted by molar-refractivity contribution is 6.04. The van der Waals surface area contributed by atoms with Gasteiger partial charge in [0.25, 0.3) is 11.8 Å². The molecule has 1 fully saturated rings. The number of aliphatic hydroxyl groups is 1. The lowest BCUT2D eigenvalue weighted by atomic mass is 10.1. The van der Waals surface area contributed by atoms with Crippen LogP contribution in [0.5, 0.6) is 5.75 Å². The predicted molar refractivity (Wildman–Crippen MR) is 110 cm³/mol. The Labute approximate surface area is 185 Å². The van der Waals surface area contributed by atoms with E-state index < -0.39 is 36.1 Å². The van der Waals surface area contributed by atoms with Gasteiger partial charge in [0, 0.05) is 36.1 Å². The summed E-state index contributed by atoms with van der Waals surface area (Å²) in [7, 11) is 0. The zero-order chi connectivity index (χ0) is 23.8. The molecule has 174 valence electrons. The SMILES string of the molecule is N=C1NCc2cc(NC(=O)[C@H](O)[C@H]3OCCN(c4cccc(OC(F)(F)F)c4)C3=O)ccc21. The van der Waals surface area contributed by atoms with Gasteiger partial charge in [0.05, 0.1) is 6.61 Å². The molecule has 2 amide bonds. The van der Waals surface area contributed by atoms with Gasteiger partial charge >= 0.3 is 6.36 Å². The molecule has 4 N–H and O–H groups in total. The number of amidine groups is 1. The number of carbonyl (C=O) groups is 2. The molecule has 0 aromatic heterocycles. The molecular weight excluding hydrogens is 445 g/mol. The number of morpholine rings is 1. The summed E-state index contributed by atoms with van der Waals surface area (Å²) in [6.07, 6.45) is -8.30. The Kier molecular flexibility index (Phi) is 5.95. The zero-order valence-electron chi connectivity index (χ0n) is 17.0. The number of anilines is 2. The summed E-state index contributed by atoms with van der Waals surface area (Å²) >= 11 is 0. The maximum Gasteiger partial charge on any atom is 0.573 e. The van der Waals surface area contributed by atoms with Gasteiger partial charge in [-0.3, -0.25) is 15.0 Å². The molecule has 0 unspecified atom stereocenters. The quantitative estimate of drug-likeness (QED) is 0.535. The van der Waals surface area contributed by atoms with E-state index in [1.807, 2.05) is 0 Å². The van der Waals surface area contributed by atoms with Crippen molar-refractivity contribution < 1.29 is 37.3 Å². The van der Waals surface area contributed by atoms with Crippen LogP contribution < -0.4 is 20.3 Å². The lowest BCUT2D eigenvalue weighted by Crippen LogP contribution is -2.55. The van der Waals surface area contributed by atoms with Crippen LogP contribution in [0, 0.1) is 5.41 Å². The number of nitrogens with one attached hydrogen (secondary N) is 3. The van der Waals surface area contributed by atoms with Crippen LogP contribution in [0.2, 0.25) is 0 Å². The lowest BCUT2D eigenvalue weighted by Gasteiger charge is -2.34. The van der Waals surface area contributed by atoms with Crippen molar-refractivity contribution in [3.05, 3.63) is 53.6 Å². The van der Waals surface area contributed by atoms with Crippen molar-refractivity contribution >= 4 is 29.0 Å². The fourth-order valence-corrected chi connectivity index (χ4v) is 3.63.